The quantitative estimate of drug-likeness (QED) is 0.842. The number of nitrogens with zero attached hydrogens (tertiary/aromatic N) is 1. The predicted molar refractivity (Wildman–Crippen MR) is 79.2 cm³/mol. The van der Waals surface area contributed by atoms with E-state index in [0.717, 1.165) is 25.7 Å². The molecule has 110 valence electrons. The fraction of sp³-hybridized carbons (Fsp3) is 0.571. The van der Waals surface area contributed by atoms with Crippen molar-refractivity contribution in [3.63, 3.8) is 0 Å². The fourth-order valence-corrected chi connectivity index (χ4v) is 3.08. The molecule has 0 aliphatic heterocycles. The van der Waals surface area contributed by atoms with Crippen LogP contribution in [-0.2, 0) is 0 Å². The highest BCUT2D eigenvalue weighted by Crippen LogP contribution is 2.32. The van der Waals surface area contributed by atoms with Gasteiger partial charge in [-0.2, -0.15) is 0 Å². The first-order chi connectivity index (χ1) is 9.46. The number of aliphatic hydroxyl groups excluding tert-OH is 1. The van der Waals surface area contributed by atoms with Crippen LogP contribution in [0, 0.1) is 5.92 Å². The summed E-state index contributed by atoms with van der Waals surface area (Å²) in [5.41, 5.74) is -0.189. The Balaban J connectivity index is 2.14. The van der Waals surface area contributed by atoms with Gasteiger partial charge in [0.25, 0.3) is 5.91 Å². The number of halogens is 2. The summed E-state index contributed by atoms with van der Waals surface area (Å²) in [6.07, 6.45) is 5.09. The summed E-state index contributed by atoms with van der Waals surface area (Å²) < 4.78 is 0. The summed E-state index contributed by atoms with van der Waals surface area (Å²) in [4.78, 5) is 16.1. The van der Waals surface area contributed by atoms with Gasteiger partial charge in [-0.3, -0.25) is 4.79 Å². The average molecular weight is 317 g/mol. The van der Waals surface area contributed by atoms with Crippen LogP contribution in [0.1, 0.15) is 43.0 Å². The number of carbonyl (C=O) groups is 1. The van der Waals surface area contributed by atoms with Crippen molar-refractivity contribution >= 4 is 29.1 Å². The monoisotopic (exact) mass is 316 g/mol. The molecule has 1 amide bonds. The molecule has 0 spiro atoms. The summed E-state index contributed by atoms with van der Waals surface area (Å²) in [6.45, 7) is 2.08. The minimum atomic E-state index is -0.541. The lowest BCUT2D eigenvalue weighted by Crippen LogP contribution is -2.53. The molecule has 1 fully saturated rings. The number of aliphatic hydroxyl groups is 1. The van der Waals surface area contributed by atoms with Crippen LogP contribution < -0.4 is 5.32 Å². The number of aromatic nitrogens is 1. The third-order valence-electron chi connectivity index (χ3n) is 3.83. The molecule has 20 heavy (non-hydrogen) atoms. The Morgan fingerprint density at radius 3 is 2.95 bits per heavy atom. The molecule has 0 bridgehead atoms. The van der Waals surface area contributed by atoms with Gasteiger partial charge in [0.2, 0.25) is 0 Å². The second kappa shape index (κ2) is 6.29. The first kappa shape index (κ1) is 15.5. The normalized spacial score (nSPS) is 26.3. The molecule has 6 heteroatoms. The SMILES string of the molecule is CC1CCCC(CO)(NC(=O)c2cnc(Cl)c(Cl)c2)C1. The number of nitrogens with one attached hydrogen (secondary N) is 1. The fourth-order valence-electron chi connectivity index (χ4n) is 2.82. The lowest BCUT2D eigenvalue weighted by molar-refractivity contribution is 0.0697. The molecule has 0 saturated heterocycles. The minimum absolute atomic E-state index is 0.0577. The van der Waals surface area contributed by atoms with Gasteiger partial charge < -0.3 is 10.4 Å². The van der Waals surface area contributed by atoms with E-state index in [4.69, 9.17) is 23.2 Å². The molecule has 0 aromatic carbocycles. The molecule has 1 heterocycles. The molecule has 1 aliphatic rings. The first-order valence-electron chi connectivity index (χ1n) is 6.70. The van der Waals surface area contributed by atoms with Crippen LogP contribution in [-0.4, -0.2) is 28.1 Å². The topological polar surface area (TPSA) is 62.2 Å². The van der Waals surface area contributed by atoms with E-state index < -0.39 is 5.54 Å². The Labute approximate surface area is 128 Å². The summed E-state index contributed by atoms with van der Waals surface area (Å²) in [7, 11) is 0. The van der Waals surface area contributed by atoms with Gasteiger partial charge in [0, 0.05) is 6.20 Å². The van der Waals surface area contributed by atoms with Gasteiger partial charge >= 0.3 is 0 Å². The third-order valence-corrected chi connectivity index (χ3v) is 4.52. The standard InChI is InChI=1S/C14H18Cl2N2O2/c1-9-3-2-4-14(6-9,8-19)18-13(20)10-5-11(15)12(16)17-7-10/h5,7,9,19H,2-4,6,8H2,1H3,(H,18,20). The van der Waals surface area contributed by atoms with Crippen molar-refractivity contribution in [1.29, 1.82) is 0 Å². The van der Waals surface area contributed by atoms with Crippen molar-refractivity contribution in [3.8, 4) is 0 Å². The van der Waals surface area contributed by atoms with Gasteiger partial charge in [-0.25, -0.2) is 4.98 Å². The predicted octanol–water partition coefficient (Wildman–Crippen LogP) is 3.06. The van der Waals surface area contributed by atoms with Crippen molar-refractivity contribution in [3.05, 3.63) is 28.0 Å². The van der Waals surface area contributed by atoms with Crippen molar-refractivity contribution in [2.24, 2.45) is 5.92 Å². The summed E-state index contributed by atoms with van der Waals surface area (Å²) >= 11 is 11.6. The van der Waals surface area contributed by atoms with E-state index in [-0.39, 0.29) is 22.7 Å². The second-order valence-electron chi connectivity index (χ2n) is 5.59. The molecule has 2 unspecified atom stereocenters. The van der Waals surface area contributed by atoms with Crippen LogP contribution in [0.4, 0.5) is 0 Å². The van der Waals surface area contributed by atoms with E-state index in [9.17, 15) is 9.90 Å². The number of carbonyl (C=O) groups excluding carboxylic acids is 1. The molecule has 2 atom stereocenters. The Hall–Kier alpha value is -0.840. The molecule has 4 nitrogen and oxygen atoms in total. The molecule has 1 saturated carbocycles. The number of hydrogen-bond donors (Lipinski definition) is 2. The highest BCUT2D eigenvalue weighted by atomic mass is 35.5. The zero-order valence-electron chi connectivity index (χ0n) is 11.3. The van der Waals surface area contributed by atoms with Crippen LogP contribution in [0.5, 0.6) is 0 Å². The van der Waals surface area contributed by atoms with E-state index in [1.807, 2.05) is 0 Å². The van der Waals surface area contributed by atoms with Gasteiger partial charge in [0.05, 0.1) is 22.7 Å². The van der Waals surface area contributed by atoms with E-state index >= 15 is 0 Å². The number of hydrogen-bond acceptors (Lipinski definition) is 3. The molecule has 1 aliphatic carbocycles. The maximum Gasteiger partial charge on any atom is 0.253 e. The van der Waals surface area contributed by atoms with Crippen molar-refractivity contribution in [1.82, 2.24) is 10.3 Å². The van der Waals surface area contributed by atoms with Crippen LogP contribution in [0.25, 0.3) is 0 Å². The van der Waals surface area contributed by atoms with Gasteiger partial charge in [0.1, 0.15) is 5.15 Å². The van der Waals surface area contributed by atoms with Crippen molar-refractivity contribution in [2.45, 2.75) is 38.1 Å². The smallest absolute Gasteiger partial charge is 0.253 e. The van der Waals surface area contributed by atoms with Crippen LogP contribution in [0.2, 0.25) is 10.2 Å². The molecule has 1 aromatic heterocycles. The summed E-state index contributed by atoms with van der Waals surface area (Å²) in [5, 5.41) is 13.0. The van der Waals surface area contributed by atoms with E-state index in [1.165, 1.54) is 12.3 Å². The zero-order chi connectivity index (χ0) is 14.8. The molecular weight excluding hydrogens is 299 g/mol. The van der Waals surface area contributed by atoms with E-state index in [2.05, 4.69) is 17.2 Å². The first-order valence-corrected chi connectivity index (χ1v) is 7.46. The van der Waals surface area contributed by atoms with Crippen LogP contribution in [0.3, 0.4) is 0 Å². The number of rotatable bonds is 3. The van der Waals surface area contributed by atoms with Crippen molar-refractivity contribution in [2.75, 3.05) is 6.61 Å². The Morgan fingerprint density at radius 1 is 1.60 bits per heavy atom. The van der Waals surface area contributed by atoms with E-state index in [0.29, 0.717) is 11.5 Å². The van der Waals surface area contributed by atoms with Gasteiger partial charge in [-0.15, -0.1) is 0 Å². The number of amides is 1. The van der Waals surface area contributed by atoms with E-state index in [1.54, 1.807) is 0 Å². The van der Waals surface area contributed by atoms with Gasteiger partial charge in [-0.05, 0) is 24.8 Å². The Bertz CT molecular complexity index is 510. The highest BCUT2D eigenvalue weighted by Gasteiger charge is 2.36. The molecular formula is C14H18Cl2N2O2. The minimum Gasteiger partial charge on any atom is -0.394 e. The zero-order valence-corrected chi connectivity index (χ0v) is 12.8. The highest BCUT2D eigenvalue weighted by molar-refractivity contribution is 6.41. The van der Waals surface area contributed by atoms with Crippen LogP contribution in [0.15, 0.2) is 12.3 Å². The molecule has 2 N–H and O–H groups in total. The molecule has 2 rings (SSSR count). The third kappa shape index (κ3) is 3.43. The Morgan fingerprint density at radius 2 is 2.35 bits per heavy atom. The Kier molecular flexibility index (Phi) is 4.89. The van der Waals surface area contributed by atoms with Crippen LogP contribution >= 0.6 is 23.2 Å². The second-order valence-corrected chi connectivity index (χ2v) is 6.36. The maximum atomic E-state index is 12.3. The molecule has 1 aromatic rings. The summed E-state index contributed by atoms with van der Waals surface area (Å²) in [5.74, 6) is 0.211. The lowest BCUT2D eigenvalue weighted by Gasteiger charge is -2.39. The maximum absolute atomic E-state index is 12.3. The average Bonchev–Trinajstić information content (AvgIpc) is 2.41. The summed E-state index contributed by atoms with van der Waals surface area (Å²) in [6, 6.07) is 1.49. The lowest BCUT2D eigenvalue weighted by atomic mass is 9.76. The van der Waals surface area contributed by atoms with Gasteiger partial charge in [-0.1, -0.05) is 43.0 Å². The van der Waals surface area contributed by atoms with Crippen molar-refractivity contribution < 1.29 is 9.90 Å². The molecule has 0 radical (unpaired) electrons. The van der Waals surface area contributed by atoms with Gasteiger partial charge in [0.15, 0.2) is 0 Å². The largest absolute Gasteiger partial charge is 0.394 e. The number of pyridine rings is 1.